The number of rotatable bonds is 2. The molecule has 0 saturated carbocycles. The Balaban J connectivity index is 1.69. The minimum atomic E-state index is 0.755. The summed E-state index contributed by atoms with van der Waals surface area (Å²) in [7, 11) is 0. The Bertz CT molecular complexity index is 1080. The third kappa shape index (κ3) is 1.88. The van der Waals surface area contributed by atoms with Crippen LogP contribution in [0.3, 0.4) is 0 Å². The van der Waals surface area contributed by atoms with E-state index in [9.17, 15) is 0 Å². The molecule has 0 amide bonds. The van der Waals surface area contributed by atoms with E-state index in [-0.39, 0.29) is 0 Å². The van der Waals surface area contributed by atoms with E-state index in [1.165, 1.54) is 0 Å². The van der Waals surface area contributed by atoms with Crippen molar-refractivity contribution in [2.75, 3.05) is 0 Å². The maximum Gasteiger partial charge on any atom is 0.274 e. The highest BCUT2D eigenvalue weighted by Crippen LogP contribution is 2.24. The van der Waals surface area contributed by atoms with Crippen molar-refractivity contribution in [3.8, 4) is 22.8 Å². The van der Waals surface area contributed by atoms with Crippen LogP contribution in [0, 0.1) is 0 Å². The predicted molar refractivity (Wildman–Crippen MR) is 87.0 cm³/mol. The first-order valence-electron chi connectivity index (χ1n) is 7.53. The van der Waals surface area contributed by atoms with Crippen molar-refractivity contribution in [3.63, 3.8) is 0 Å². The van der Waals surface area contributed by atoms with Crippen LogP contribution < -0.4 is 4.52 Å². The van der Waals surface area contributed by atoms with Crippen molar-refractivity contribution < 1.29 is 4.52 Å². The first-order valence-corrected chi connectivity index (χ1v) is 7.53. The number of aromatic amines is 1. The molecule has 0 atom stereocenters. The highest BCUT2D eigenvalue weighted by molar-refractivity contribution is 5.77. The summed E-state index contributed by atoms with van der Waals surface area (Å²) in [6.07, 6.45) is 3.79. The van der Waals surface area contributed by atoms with Gasteiger partial charge >= 0.3 is 0 Å². The molecular formula is C17H12N7+. The summed E-state index contributed by atoms with van der Waals surface area (Å²) in [5.41, 5.74) is 5.00. The Labute approximate surface area is 136 Å². The minimum absolute atomic E-state index is 0.755. The van der Waals surface area contributed by atoms with Gasteiger partial charge in [0.25, 0.3) is 5.69 Å². The molecule has 0 aromatic carbocycles. The van der Waals surface area contributed by atoms with E-state index >= 15 is 0 Å². The van der Waals surface area contributed by atoms with Gasteiger partial charge in [0.15, 0.2) is 0 Å². The number of pyridine rings is 3. The van der Waals surface area contributed by atoms with E-state index < -0.39 is 0 Å². The molecule has 5 rings (SSSR count). The number of nitrogens with zero attached hydrogens (tertiary/aromatic N) is 6. The van der Waals surface area contributed by atoms with Crippen molar-refractivity contribution in [1.82, 2.24) is 30.1 Å². The van der Waals surface area contributed by atoms with E-state index in [0.717, 1.165) is 33.8 Å². The summed E-state index contributed by atoms with van der Waals surface area (Å²) in [4.78, 5) is 4.75. The number of hydrogen-bond acceptors (Lipinski definition) is 4. The molecule has 7 heteroatoms. The van der Waals surface area contributed by atoms with Gasteiger partial charge < -0.3 is 0 Å². The van der Waals surface area contributed by atoms with Crippen LogP contribution in [0.25, 0.3) is 33.8 Å². The van der Waals surface area contributed by atoms with Crippen molar-refractivity contribution in [1.29, 1.82) is 0 Å². The molecule has 0 saturated heterocycles. The standard InChI is InChI=1S/C17H11N7/c1-3-10-23-14(8-1)16(19-21-23)12-6-5-7-13(18-12)17-15-9-2-4-11-24(15)22-20-17/h1-11H/p+1. The summed E-state index contributed by atoms with van der Waals surface area (Å²) in [5.74, 6) is 0. The Morgan fingerprint density at radius 2 is 1.75 bits per heavy atom. The smallest absolute Gasteiger partial charge is 0.242 e. The van der Waals surface area contributed by atoms with Gasteiger partial charge in [-0.15, -0.1) is 9.61 Å². The highest BCUT2D eigenvalue weighted by atomic mass is 15.4. The van der Waals surface area contributed by atoms with Crippen LogP contribution in [-0.2, 0) is 0 Å². The molecule has 0 aliphatic heterocycles. The fourth-order valence-corrected chi connectivity index (χ4v) is 2.80. The number of aromatic nitrogens is 7. The van der Waals surface area contributed by atoms with Gasteiger partial charge in [-0.1, -0.05) is 28.6 Å². The van der Waals surface area contributed by atoms with Crippen LogP contribution in [0.15, 0.2) is 67.0 Å². The zero-order chi connectivity index (χ0) is 15.9. The predicted octanol–water partition coefficient (Wildman–Crippen LogP) is 1.92. The number of hydrogen-bond donors (Lipinski definition) is 1. The second-order valence-corrected chi connectivity index (χ2v) is 5.39. The van der Waals surface area contributed by atoms with Crippen LogP contribution in [0.5, 0.6) is 0 Å². The van der Waals surface area contributed by atoms with E-state index in [4.69, 9.17) is 4.98 Å². The van der Waals surface area contributed by atoms with Gasteiger partial charge in [-0.25, -0.2) is 9.50 Å². The molecule has 24 heavy (non-hydrogen) atoms. The lowest BCUT2D eigenvalue weighted by Crippen LogP contribution is -2.21. The van der Waals surface area contributed by atoms with Crippen LogP contribution in [0.1, 0.15) is 0 Å². The van der Waals surface area contributed by atoms with Gasteiger partial charge in [0.05, 0.1) is 11.2 Å². The second kappa shape index (κ2) is 4.95. The van der Waals surface area contributed by atoms with Crippen LogP contribution >= 0.6 is 0 Å². The average Bonchev–Trinajstić information content (AvgIpc) is 3.26. The maximum absolute atomic E-state index is 4.75. The summed E-state index contributed by atoms with van der Waals surface area (Å²) in [6, 6.07) is 17.6. The molecule has 0 aliphatic rings. The fraction of sp³-hybridized carbons (Fsp3) is 0. The zero-order valence-electron chi connectivity index (χ0n) is 12.5. The molecule has 7 nitrogen and oxygen atoms in total. The molecule has 0 spiro atoms. The summed E-state index contributed by atoms with van der Waals surface area (Å²) < 4.78 is 3.60. The van der Waals surface area contributed by atoms with Crippen molar-refractivity contribution >= 4 is 11.0 Å². The molecule has 0 aliphatic carbocycles. The van der Waals surface area contributed by atoms with Gasteiger partial charge in [0.2, 0.25) is 5.52 Å². The molecule has 5 aromatic rings. The Morgan fingerprint density at radius 3 is 2.71 bits per heavy atom. The quantitative estimate of drug-likeness (QED) is 0.505. The summed E-state index contributed by atoms with van der Waals surface area (Å²) in [5, 5.41) is 15.8. The van der Waals surface area contributed by atoms with Gasteiger partial charge in [-0.3, -0.25) is 0 Å². The molecule has 0 radical (unpaired) electrons. The first kappa shape index (κ1) is 12.9. The molecular weight excluding hydrogens is 302 g/mol. The van der Waals surface area contributed by atoms with Crippen LogP contribution in [-0.4, -0.2) is 30.1 Å². The average molecular weight is 314 g/mol. The Hall–Kier alpha value is -3.61. The van der Waals surface area contributed by atoms with Gasteiger partial charge in [0, 0.05) is 11.3 Å². The third-order valence-electron chi connectivity index (χ3n) is 3.93. The second-order valence-electron chi connectivity index (χ2n) is 5.39. The van der Waals surface area contributed by atoms with Gasteiger partial charge in [-0.05, 0) is 36.4 Å². The Morgan fingerprint density at radius 1 is 0.875 bits per heavy atom. The number of nitrogens with one attached hydrogen (secondary N) is 1. The molecule has 5 aromatic heterocycles. The van der Waals surface area contributed by atoms with Gasteiger partial charge in [-0.2, -0.15) is 0 Å². The SMILES string of the molecule is c1cc(-c2nnn3ccccc23)nc(-c2n[nH][n+]3ccccc23)c1. The monoisotopic (exact) mass is 314 g/mol. The molecule has 0 fully saturated rings. The lowest BCUT2D eigenvalue weighted by Gasteiger charge is -1.98. The summed E-state index contributed by atoms with van der Waals surface area (Å²) >= 11 is 0. The van der Waals surface area contributed by atoms with Crippen molar-refractivity contribution in [3.05, 3.63) is 67.0 Å². The summed E-state index contributed by atoms with van der Waals surface area (Å²) in [6.45, 7) is 0. The van der Waals surface area contributed by atoms with E-state index in [2.05, 4.69) is 20.6 Å². The number of fused-ring (bicyclic) bond motifs is 2. The van der Waals surface area contributed by atoms with E-state index in [1.54, 1.807) is 4.52 Å². The Kier molecular flexibility index (Phi) is 2.66. The zero-order valence-corrected chi connectivity index (χ0v) is 12.5. The third-order valence-corrected chi connectivity index (χ3v) is 3.93. The molecule has 0 bridgehead atoms. The van der Waals surface area contributed by atoms with E-state index in [0.29, 0.717) is 0 Å². The largest absolute Gasteiger partial charge is 0.274 e. The van der Waals surface area contributed by atoms with E-state index in [1.807, 2.05) is 71.5 Å². The molecule has 114 valence electrons. The molecule has 0 unspecified atom stereocenters. The molecule has 1 N–H and O–H groups in total. The topological polar surface area (TPSA) is 75.9 Å². The lowest BCUT2D eigenvalue weighted by atomic mass is 10.2. The lowest BCUT2D eigenvalue weighted by molar-refractivity contribution is -0.581. The first-order chi connectivity index (χ1) is 11.9. The van der Waals surface area contributed by atoms with Crippen LogP contribution in [0.2, 0.25) is 0 Å². The highest BCUT2D eigenvalue weighted by Gasteiger charge is 2.19. The minimum Gasteiger partial charge on any atom is -0.242 e. The molecule has 5 heterocycles. The van der Waals surface area contributed by atoms with Gasteiger partial charge in [0.1, 0.15) is 17.6 Å². The maximum atomic E-state index is 4.75. The normalized spacial score (nSPS) is 11.3. The fourth-order valence-electron chi connectivity index (χ4n) is 2.80. The van der Waals surface area contributed by atoms with Crippen LogP contribution in [0.4, 0.5) is 0 Å². The number of H-pyrrole nitrogens is 1. The van der Waals surface area contributed by atoms with Crippen molar-refractivity contribution in [2.24, 2.45) is 0 Å². The van der Waals surface area contributed by atoms with Crippen molar-refractivity contribution in [2.45, 2.75) is 0 Å².